The third-order valence-electron chi connectivity index (χ3n) is 3.12. The van der Waals surface area contributed by atoms with Crippen molar-refractivity contribution >= 4 is 6.09 Å². The van der Waals surface area contributed by atoms with Crippen molar-refractivity contribution in [1.29, 1.82) is 0 Å². The molecule has 17 heavy (non-hydrogen) atoms. The Labute approximate surface area is 101 Å². The number of nitrogens with zero attached hydrogens (tertiary/aromatic N) is 1. The number of hydrogen-bond acceptors (Lipinski definition) is 3. The number of carbonyl (C=O) groups excluding carboxylic acids is 1. The van der Waals surface area contributed by atoms with Gasteiger partial charge in [-0.3, -0.25) is 0 Å². The minimum atomic E-state index is -0.245. The quantitative estimate of drug-likeness (QED) is 0.864. The highest BCUT2D eigenvalue weighted by Gasteiger charge is 2.33. The summed E-state index contributed by atoms with van der Waals surface area (Å²) in [5.74, 6) is 0.416. The van der Waals surface area contributed by atoms with Gasteiger partial charge in [0.2, 0.25) is 0 Å². The fourth-order valence-corrected chi connectivity index (χ4v) is 1.80. The van der Waals surface area contributed by atoms with Gasteiger partial charge < -0.3 is 15.4 Å². The molecule has 1 atom stereocenters. The molecule has 1 amide bonds. The summed E-state index contributed by atoms with van der Waals surface area (Å²) in [7, 11) is 0. The molecule has 0 bridgehead atoms. The molecule has 1 aromatic rings. The summed E-state index contributed by atoms with van der Waals surface area (Å²) >= 11 is 0. The van der Waals surface area contributed by atoms with E-state index in [1.807, 2.05) is 37.3 Å². The fraction of sp³-hybridized carbons (Fsp3) is 0.462. The Morgan fingerprint density at radius 1 is 1.47 bits per heavy atom. The maximum absolute atomic E-state index is 11.6. The molecule has 1 heterocycles. The van der Waals surface area contributed by atoms with Crippen LogP contribution in [-0.4, -0.2) is 30.1 Å². The molecular formula is C13H18N2O2. The summed E-state index contributed by atoms with van der Waals surface area (Å²) in [6.07, 6.45) is -0.245. The molecule has 0 radical (unpaired) electrons. The van der Waals surface area contributed by atoms with E-state index < -0.39 is 0 Å². The standard InChI is InChI=1S/C13H18N2O2/c1-10(14)12-7-15(8-12)13(16)17-9-11-5-3-2-4-6-11/h2-6,10,12H,7-9,14H2,1H3. The number of likely N-dealkylation sites (tertiary alicyclic amines) is 1. The number of nitrogens with two attached hydrogens (primary N) is 1. The first-order chi connectivity index (χ1) is 8.16. The van der Waals surface area contributed by atoms with Crippen LogP contribution in [0.15, 0.2) is 30.3 Å². The Morgan fingerprint density at radius 2 is 2.12 bits per heavy atom. The van der Waals surface area contributed by atoms with E-state index in [-0.39, 0.29) is 12.1 Å². The van der Waals surface area contributed by atoms with E-state index in [4.69, 9.17) is 10.5 Å². The van der Waals surface area contributed by atoms with Gasteiger partial charge in [0.25, 0.3) is 0 Å². The number of amides is 1. The van der Waals surface area contributed by atoms with Gasteiger partial charge in [0.05, 0.1) is 0 Å². The van der Waals surface area contributed by atoms with Crippen LogP contribution in [0.5, 0.6) is 0 Å². The lowest BCUT2D eigenvalue weighted by Crippen LogP contribution is -2.55. The summed E-state index contributed by atoms with van der Waals surface area (Å²) in [5.41, 5.74) is 6.75. The fourth-order valence-electron chi connectivity index (χ4n) is 1.80. The molecule has 1 fully saturated rings. The largest absolute Gasteiger partial charge is 0.445 e. The zero-order valence-corrected chi connectivity index (χ0v) is 10.0. The normalized spacial score (nSPS) is 17.4. The third-order valence-corrected chi connectivity index (χ3v) is 3.12. The van der Waals surface area contributed by atoms with Gasteiger partial charge in [-0.05, 0) is 12.5 Å². The average Bonchev–Trinajstić information content (AvgIpc) is 2.25. The van der Waals surface area contributed by atoms with Crippen LogP contribution >= 0.6 is 0 Å². The molecule has 0 aromatic heterocycles. The Kier molecular flexibility index (Phi) is 3.64. The van der Waals surface area contributed by atoms with Crippen LogP contribution in [0.4, 0.5) is 4.79 Å². The van der Waals surface area contributed by atoms with Gasteiger partial charge in [0.15, 0.2) is 0 Å². The van der Waals surface area contributed by atoms with E-state index in [1.165, 1.54) is 0 Å². The molecule has 1 aliphatic rings. The van der Waals surface area contributed by atoms with Gasteiger partial charge in [0, 0.05) is 25.0 Å². The zero-order chi connectivity index (χ0) is 12.3. The predicted octanol–water partition coefficient (Wildman–Crippen LogP) is 1.60. The van der Waals surface area contributed by atoms with Crippen LogP contribution < -0.4 is 5.73 Å². The minimum absolute atomic E-state index is 0.146. The van der Waals surface area contributed by atoms with Crippen molar-refractivity contribution in [1.82, 2.24) is 4.90 Å². The molecule has 1 saturated heterocycles. The number of carbonyl (C=O) groups is 1. The van der Waals surface area contributed by atoms with Crippen molar-refractivity contribution in [3.8, 4) is 0 Å². The average molecular weight is 234 g/mol. The first-order valence-corrected chi connectivity index (χ1v) is 5.88. The lowest BCUT2D eigenvalue weighted by Gasteiger charge is -2.40. The SMILES string of the molecule is CC(N)C1CN(C(=O)OCc2ccccc2)C1. The molecule has 0 saturated carbocycles. The first-order valence-electron chi connectivity index (χ1n) is 5.88. The van der Waals surface area contributed by atoms with Crippen LogP contribution in [-0.2, 0) is 11.3 Å². The van der Waals surface area contributed by atoms with Gasteiger partial charge >= 0.3 is 6.09 Å². The zero-order valence-electron chi connectivity index (χ0n) is 10.0. The monoisotopic (exact) mass is 234 g/mol. The molecule has 1 unspecified atom stereocenters. The highest BCUT2D eigenvalue weighted by atomic mass is 16.6. The van der Waals surface area contributed by atoms with E-state index in [0.29, 0.717) is 25.6 Å². The van der Waals surface area contributed by atoms with Crippen LogP contribution in [0.3, 0.4) is 0 Å². The lowest BCUT2D eigenvalue weighted by molar-refractivity contribution is 0.0439. The highest BCUT2D eigenvalue weighted by Crippen LogP contribution is 2.19. The third kappa shape index (κ3) is 2.97. The van der Waals surface area contributed by atoms with Crippen molar-refractivity contribution in [3.05, 3.63) is 35.9 Å². The van der Waals surface area contributed by atoms with Crippen molar-refractivity contribution in [2.45, 2.75) is 19.6 Å². The van der Waals surface area contributed by atoms with Crippen LogP contribution in [0.1, 0.15) is 12.5 Å². The van der Waals surface area contributed by atoms with Crippen LogP contribution in [0.25, 0.3) is 0 Å². The summed E-state index contributed by atoms with van der Waals surface area (Å²) in [4.78, 5) is 13.3. The highest BCUT2D eigenvalue weighted by molar-refractivity contribution is 5.68. The Morgan fingerprint density at radius 3 is 2.71 bits per heavy atom. The first kappa shape index (κ1) is 11.9. The number of rotatable bonds is 3. The molecule has 4 heteroatoms. The van der Waals surface area contributed by atoms with Crippen molar-refractivity contribution < 1.29 is 9.53 Å². The van der Waals surface area contributed by atoms with Crippen LogP contribution in [0, 0.1) is 5.92 Å². The second-order valence-corrected chi connectivity index (χ2v) is 4.56. The smallest absolute Gasteiger partial charge is 0.410 e. The van der Waals surface area contributed by atoms with E-state index in [2.05, 4.69) is 0 Å². The Balaban J connectivity index is 1.73. The number of hydrogen-bond donors (Lipinski definition) is 1. The van der Waals surface area contributed by atoms with E-state index >= 15 is 0 Å². The second kappa shape index (κ2) is 5.19. The van der Waals surface area contributed by atoms with Crippen molar-refractivity contribution in [2.75, 3.05) is 13.1 Å². The Bertz CT molecular complexity index is 372. The van der Waals surface area contributed by atoms with Gasteiger partial charge in [-0.1, -0.05) is 30.3 Å². The molecule has 4 nitrogen and oxygen atoms in total. The molecule has 1 aliphatic heterocycles. The second-order valence-electron chi connectivity index (χ2n) is 4.56. The predicted molar refractivity (Wildman–Crippen MR) is 65.3 cm³/mol. The molecule has 0 spiro atoms. The summed E-state index contributed by atoms with van der Waals surface area (Å²) < 4.78 is 5.21. The van der Waals surface area contributed by atoms with Gasteiger partial charge in [-0.25, -0.2) is 4.79 Å². The number of ether oxygens (including phenoxy) is 1. The molecule has 92 valence electrons. The topological polar surface area (TPSA) is 55.6 Å². The summed E-state index contributed by atoms with van der Waals surface area (Å²) in [5, 5.41) is 0. The minimum Gasteiger partial charge on any atom is -0.445 e. The van der Waals surface area contributed by atoms with Crippen molar-refractivity contribution in [2.24, 2.45) is 11.7 Å². The maximum Gasteiger partial charge on any atom is 0.410 e. The molecule has 1 aromatic carbocycles. The lowest BCUT2D eigenvalue weighted by atomic mass is 9.94. The van der Waals surface area contributed by atoms with Crippen LogP contribution in [0.2, 0.25) is 0 Å². The maximum atomic E-state index is 11.6. The molecule has 2 N–H and O–H groups in total. The van der Waals surface area contributed by atoms with E-state index in [0.717, 1.165) is 5.56 Å². The number of benzene rings is 1. The van der Waals surface area contributed by atoms with E-state index in [1.54, 1.807) is 4.90 Å². The van der Waals surface area contributed by atoms with E-state index in [9.17, 15) is 4.79 Å². The van der Waals surface area contributed by atoms with Gasteiger partial charge in [0.1, 0.15) is 6.61 Å². The summed E-state index contributed by atoms with van der Waals surface area (Å²) in [6.45, 7) is 3.73. The molecule has 0 aliphatic carbocycles. The van der Waals surface area contributed by atoms with Gasteiger partial charge in [-0.2, -0.15) is 0 Å². The van der Waals surface area contributed by atoms with Crippen molar-refractivity contribution in [3.63, 3.8) is 0 Å². The Hall–Kier alpha value is -1.55. The molecule has 2 rings (SSSR count). The molecular weight excluding hydrogens is 216 g/mol. The summed E-state index contributed by atoms with van der Waals surface area (Å²) in [6, 6.07) is 9.82. The van der Waals surface area contributed by atoms with Gasteiger partial charge in [-0.15, -0.1) is 0 Å².